The van der Waals surface area contributed by atoms with Gasteiger partial charge in [0.25, 0.3) is 0 Å². The Labute approximate surface area is 189 Å². The van der Waals surface area contributed by atoms with Crippen molar-refractivity contribution in [2.45, 2.75) is 65.1 Å². The average Bonchev–Trinajstić information content (AvgIpc) is 3.02. The topological polar surface area (TPSA) is 86.8 Å². The van der Waals surface area contributed by atoms with Crippen molar-refractivity contribution in [2.24, 2.45) is 11.8 Å². The summed E-state index contributed by atoms with van der Waals surface area (Å²) in [6.07, 6.45) is 5.51. The van der Waals surface area contributed by atoms with Crippen molar-refractivity contribution in [3.63, 3.8) is 0 Å². The Balaban J connectivity index is 1.73. The van der Waals surface area contributed by atoms with Gasteiger partial charge >= 0.3 is 0 Å². The third-order valence-electron chi connectivity index (χ3n) is 6.16. The molecule has 1 N–H and O–H groups in total. The number of carbonyl (C=O) groups is 4. The summed E-state index contributed by atoms with van der Waals surface area (Å²) in [4.78, 5) is 54.4. The lowest BCUT2D eigenvalue weighted by Crippen LogP contribution is -2.51. The van der Waals surface area contributed by atoms with Gasteiger partial charge in [-0.05, 0) is 38.7 Å². The number of nitrogens with one attached hydrogen (secondary N) is 1. The highest BCUT2D eigenvalue weighted by atomic mass is 16.2. The van der Waals surface area contributed by atoms with Crippen LogP contribution in [0.4, 0.5) is 0 Å². The molecule has 1 unspecified atom stereocenters. The Morgan fingerprint density at radius 1 is 1.06 bits per heavy atom. The first-order chi connectivity index (χ1) is 15.3. The molecule has 1 aliphatic carbocycles. The summed E-state index contributed by atoms with van der Waals surface area (Å²) in [5.74, 6) is -1.41. The summed E-state index contributed by atoms with van der Waals surface area (Å²) < 4.78 is 0. The Kier molecular flexibility index (Phi) is 7.83. The van der Waals surface area contributed by atoms with Gasteiger partial charge in [0.05, 0.1) is 11.8 Å². The van der Waals surface area contributed by atoms with E-state index >= 15 is 0 Å². The first kappa shape index (κ1) is 23.7. The minimum atomic E-state index is -0.623. The summed E-state index contributed by atoms with van der Waals surface area (Å²) in [6, 6.07) is 8.85. The smallest absolute Gasteiger partial charge is 0.243 e. The molecule has 172 valence electrons. The molecule has 7 nitrogen and oxygen atoms in total. The Morgan fingerprint density at radius 3 is 2.19 bits per heavy atom. The van der Waals surface area contributed by atoms with Crippen LogP contribution in [-0.4, -0.2) is 52.1 Å². The monoisotopic (exact) mass is 439 g/mol. The molecule has 3 atom stereocenters. The predicted molar refractivity (Wildman–Crippen MR) is 121 cm³/mol. The fraction of sp³-hybridized carbons (Fsp3) is 0.520. The highest BCUT2D eigenvalue weighted by molar-refractivity contribution is 6.05. The Bertz CT molecular complexity index is 854. The van der Waals surface area contributed by atoms with E-state index in [0.717, 1.165) is 5.56 Å². The number of carbonyl (C=O) groups excluding carboxylic acids is 4. The molecular weight excluding hydrogens is 406 g/mol. The van der Waals surface area contributed by atoms with E-state index in [0.29, 0.717) is 25.8 Å². The van der Waals surface area contributed by atoms with Crippen LogP contribution in [0.1, 0.15) is 52.0 Å². The summed E-state index contributed by atoms with van der Waals surface area (Å²) in [5.41, 5.74) is 0.919. The van der Waals surface area contributed by atoms with Crippen LogP contribution in [0.2, 0.25) is 0 Å². The van der Waals surface area contributed by atoms with Gasteiger partial charge in [-0.3, -0.25) is 24.1 Å². The van der Waals surface area contributed by atoms with Crippen molar-refractivity contribution >= 4 is 23.6 Å². The molecule has 1 saturated heterocycles. The molecule has 0 aromatic heterocycles. The fourth-order valence-corrected chi connectivity index (χ4v) is 4.52. The number of benzene rings is 1. The van der Waals surface area contributed by atoms with Crippen LogP contribution < -0.4 is 5.32 Å². The quantitative estimate of drug-likeness (QED) is 0.473. The Hall–Kier alpha value is -2.96. The minimum Gasteiger partial charge on any atom is -0.352 e. The third kappa shape index (κ3) is 5.26. The van der Waals surface area contributed by atoms with Crippen LogP contribution in [0.5, 0.6) is 0 Å². The summed E-state index contributed by atoms with van der Waals surface area (Å²) >= 11 is 0. The van der Waals surface area contributed by atoms with Crippen LogP contribution >= 0.6 is 0 Å². The van der Waals surface area contributed by atoms with Crippen LogP contribution in [0.15, 0.2) is 42.5 Å². The van der Waals surface area contributed by atoms with Crippen molar-refractivity contribution in [1.82, 2.24) is 15.1 Å². The highest BCUT2D eigenvalue weighted by Gasteiger charge is 2.47. The van der Waals surface area contributed by atoms with Gasteiger partial charge in [0.15, 0.2) is 0 Å². The molecule has 32 heavy (non-hydrogen) atoms. The molecule has 1 aromatic carbocycles. The summed E-state index contributed by atoms with van der Waals surface area (Å²) in [6.45, 7) is 5.98. The standard InChI is InChI=1S/C25H33N3O4/c1-4-21(23(30)26-17(2)3)28(16-18-10-6-5-7-11-18)22(29)14-15-27-24(31)19-12-8-9-13-20(19)25(27)32/h5-11,17,19-21H,4,12-16H2,1-3H3,(H,26,30)/t19-,20+,21?. The minimum absolute atomic E-state index is 0.00262. The van der Waals surface area contributed by atoms with Crippen LogP contribution in [0.25, 0.3) is 0 Å². The lowest BCUT2D eigenvalue weighted by atomic mass is 9.85. The molecule has 4 amide bonds. The van der Waals surface area contributed by atoms with Gasteiger partial charge < -0.3 is 10.2 Å². The van der Waals surface area contributed by atoms with Crippen molar-refractivity contribution in [3.8, 4) is 0 Å². The molecule has 2 aliphatic rings. The number of imide groups is 1. The Morgan fingerprint density at radius 2 is 1.66 bits per heavy atom. The van der Waals surface area contributed by atoms with Crippen molar-refractivity contribution < 1.29 is 19.2 Å². The maximum absolute atomic E-state index is 13.3. The zero-order valence-corrected chi connectivity index (χ0v) is 19.1. The van der Waals surface area contributed by atoms with Crippen molar-refractivity contribution in [2.75, 3.05) is 6.54 Å². The van der Waals surface area contributed by atoms with Crippen LogP contribution in [0, 0.1) is 11.8 Å². The molecule has 1 aliphatic heterocycles. The van der Waals surface area contributed by atoms with Crippen molar-refractivity contribution in [3.05, 3.63) is 48.0 Å². The molecule has 3 rings (SSSR count). The number of amides is 4. The second-order valence-electron chi connectivity index (χ2n) is 8.83. The lowest BCUT2D eigenvalue weighted by Gasteiger charge is -2.31. The largest absolute Gasteiger partial charge is 0.352 e. The second-order valence-corrected chi connectivity index (χ2v) is 8.83. The first-order valence-electron chi connectivity index (χ1n) is 11.5. The molecule has 1 aromatic rings. The molecule has 0 saturated carbocycles. The molecule has 1 heterocycles. The number of hydrogen-bond acceptors (Lipinski definition) is 4. The lowest BCUT2D eigenvalue weighted by molar-refractivity contribution is -0.144. The van der Waals surface area contributed by atoms with E-state index in [4.69, 9.17) is 0 Å². The van der Waals surface area contributed by atoms with E-state index in [1.165, 1.54) is 4.90 Å². The van der Waals surface area contributed by atoms with E-state index < -0.39 is 6.04 Å². The number of hydrogen-bond donors (Lipinski definition) is 1. The fourth-order valence-electron chi connectivity index (χ4n) is 4.52. The number of fused-ring (bicyclic) bond motifs is 1. The zero-order chi connectivity index (χ0) is 23.3. The van der Waals surface area contributed by atoms with Gasteiger partial charge in [-0.2, -0.15) is 0 Å². The number of nitrogens with zero attached hydrogens (tertiary/aromatic N) is 2. The van der Waals surface area contributed by atoms with Gasteiger partial charge in [0.1, 0.15) is 6.04 Å². The van der Waals surface area contributed by atoms with E-state index in [1.54, 1.807) is 4.90 Å². The SMILES string of the molecule is CCC(C(=O)NC(C)C)N(Cc1ccccc1)C(=O)CCN1C(=O)[C@H]2CC=CC[C@H]2C1=O. The maximum atomic E-state index is 13.3. The molecular formula is C25H33N3O4. The van der Waals surface area contributed by atoms with Crippen molar-refractivity contribution in [1.29, 1.82) is 0 Å². The van der Waals surface area contributed by atoms with E-state index in [-0.39, 0.29) is 54.5 Å². The third-order valence-corrected chi connectivity index (χ3v) is 6.16. The molecule has 0 radical (unpaired) electrons. The highest BCUT2D eigenvalue weighted by Crippen LogP contribution is 2.35. The van der Waals surface area contributed by atoms with E-state index in [2.05, 4.69) is 5.32 Å². The first-order valence-corrected chi connectivity index (χ1v) is 11.5. The number of likely N-dealkylation sites (tertiary alicyclic amines) is 1. The summed E-state index contributed by atoms with van der Waals surface area (Å²) in [5, 5.41) is 2.90. The van der Waals surface area contributed by atoms with Gasteiger partial charge in [0.2, 0.25) is 23.6 Å². The zero-order valence-electron chi connectivity index (χ0n) is 19.1. The molecule has 7 heteroatoms. The number of allylic oxidation sites excluding steroid dienone is 2. The normalized spacial score (nSPS) is 20.9. The molecule has 1 fully saturated rings. The van der Waals surface area contributed by atoms with Gasteiger partial charge in [0, 0.05) is 25.6 Å². The average molecular weight is 440 g/mol. The summed E-state index contributed by atoms with van der Waals surface area (Å²) in [7, 11) is 0. The molecule has 0 bridgehead atoms. The second kappa shape index (κ2) is 10.6. The van der Waals surface area contributed by atoms with Gasteiger partial charge in [-0.15, -0.1) is 0 Å². The predicted octanol–water partition coefficient (Wildman–Crippen LogP) is 2.66. The maximum Gasteiger partial charge on any atom is 0.243 e. The number of rotatable bonds is 9. The van der Waals surface area contributed by atoms with Gasteiger partial charge in [-0.25, -0.2) is 0 Å². The van der Waals surface area contributed by atoms with E-state index in [1.807, 2.05) is 63.3 Å². The van der Waals surface area contributed by atoms with Crippen LogP contribution in [0.3, 0.4) is 0 Å². The van der Waals surface area contributed by atoms with Gasteiger partial charge in [-0.1, -0.05) is 49.4 Å². The van der Waals surface area contributed by atoms with E-state index in [9.17, 15) is 19.2 Å². The van der Waals surface area contributed by atoms with Crippen LogP contribution in [-0.2, 0) is 25.7 Å². The molecule has 0 spiro atoms.